The van der Waals surface area contributed by atoms with Crippen LogP contribution in [0.4, 0.5) is 4.39 Å². The summed E-state index contributed by atoms with van der Waals surface area (Å²) in [5, 5.41) is 10.8. The first-order chi connectivity index (χ1) is 9.09. The zero-order valence-corrected chi connectivity index (χ0v) is 10.5. The SMILES string of the molecule is O=C1CCCC[C@@H]1[C@H](C[N+](=O)[O-])c1ccccc1F. The molecule has 2 atom stereocenters. The Morgan fingerprint density at radius 3 is 2.74 bits per heavy atom. The second-order valence-corrected chi connectivity index (χ2v) is 4.96. The van der Waals surface area contributed by atoms with Crippen LogP contribution < -0.4 is 0 Å². The Hall–Kier alpha value is -1.78. The van der Waals surface area contributed by atoms with Gasteiger partial charge in [0.2, 0.25) is 6.54 Å². The summed E-state index contributed by atoms with van der Waals surface area (Å²) in [7, 11) is 0. The lowest BCUT2D eigenvalue weighted by Gasteiger charge is -2.27. The molecule has 0 radical (unpaired) electrons. The lowest BCUT2D eigenvalue weighted by Crippen LogP contribution is -2.30. The van der Waals surface area contributed by atoms with Crippen molar-refractivity contribution in [3.63, 3.8) is 0 Å². The molecule has 1 fully saturated rings. The number of hydrogen-bond acceptors (Lipinski definition) is 3. The highest BCUT2D eigenvalue weighted by Gasteiger charge is 2.35. The molecular formula is C14H16FNO3. The summed E-state index contributed by atoms with van der Waals surface area (Å²) in [6, 6.07) is 6.03. The number of halogens is 1. The Morgan fingerprint density at radius 2 is 2.11 bits per heavy atom. The molecule has 0 unspecified atom stereocenters. The Kier molecular flexibility index (Phi) is 4.24. The van der Waals surface area contributed by atoms with Gasteiger partial charge in [-0.15, -0.1) is 0 Å². The molecule has 0 saturated heterocycles. The Morgan fingerprint density at radius 1 is 1.37 bits per heavy atom. The highest BCUT2D eigenvalue weighted by atomic mass is 19.1. The van der Waals surface area contributed by atoms with Gasteiger partial charge in [0.1, 0.15) is 11.6 Å². The molecule has 0 aliphatic heterocycles. The lowest BCUT2D eigenvalue weighted by atomic mass is 9.76. The van der Waals surface area contributed by atoms with Crippen LogP contribution in [-0.4, -0.2) is 17.3 Å². The zero-order chi connectivity index (χ0) is 13.8. The number of nitro groups is 1. The normalized spacial score (nSPS) is 21.1. The van der Waals surface area contributed by atoms with E-state index in [1.807, 2.05) is 0 Å². The fraction of sp³-hybridized carbons (Fsp3) is 0.500. The quantitative estimate of drug-likeness (QED) is 0.621. The van der Waals surface area contributed by atoms with Gasteiger partial charge in [0, 0.05) is 17.3 Å². The van der Waals surface area contributed by atoms with Crippen molar-refractivity contribution in [1.29, 1.82) is 0 Å². The van der Waals surface area contributed by atoms with Gasteiger partial charge in [-0.25, -0.2) is 4.39 Å². The van der Waals surface area contributed by atoms with Crippen LogP contribution in [0.25, 0.3) is 0 Å². The first-order valence-corrected chi connectivity index (χ1v) is 6.48. The van der Waals surface area contributed by atoms with Gasteiger partial charge in [0.05, 0.1) is 5.92 Å². The van der Waals surface area contributed by atoms with E-state index >= 15 is 0 Å². The number of rotatable bonds is 4. The molecule has 0 bridgehead atoms. The van der Waals surface area contributed by atoms with Crippen molar-refractivity contribution >= 4 is 5.78 Å². The molecule has 4 nitrogen and oxygen atoms in total. The van der Waals surface area contributed by atoms with E-state index in [2.05, 4.69) is 0 Å². The topological polar surface area (TPSA) is 60.2 Å². The van der Waals surface area contributed by atoms with E-state index in [-0.39, 0.29) is 5.78 Å². The van der Waals surface area contributed by atoms with Crippen molar-refractivity contribution in [2.45, 2.75) is 31.6 Å². The molecule has 0 amide bonds. The minimum absolute atomic E-state index is 0.0290. The van der Waals surface area contributed by atoms with E-state index in [1.165, 1.54) is 6.07 Å². The molecule has 102 valence electrons. The van der Waals surface area contributed by atoms with Crippen LogP contribution in [0.2, 0.25) is 0 Å². The van der Waals surface area contributed by atoms with Crippen LogP contribution in [0.15, 0.2) is 24.3 Å². The number of Topliss-reactive ketones (excluding diaryl/α,β-unsaturated/α-hetero) is 1. The van der Waals surface area contributed by atoms with Gasteiger partial charge in [-0.3, -0.25) is 14.9 Å². The van der Waals surface area contributed by atoms with E-state index in [0.717, 1.165) is 12.8 Å². The molecule has 0 aromatic heterocycles. The number of carbonyl (C=O) groups excluding carboxylic acids is 1. The summed E-state index contributed by atoms with van der Waals surface area (Å²) in [6.07, 6.45) is 2.77. The van der Waals surface area contributed by atoms with Gasteiger partial charge < -0.3 is 0 Å². The van der Waals surface area contributed by atoms with Crippen molar-refractivity contribution in [2.75, 3.05) is 6.54 Å². The molecule has 0 spiro atoms. The van der Waals surface area contributed by atoms with Crippen LogP contribution in [0.5, 0.6) is 0 Å². The van der Waals surface area contributed by atoms with Crippen LogP contribution >= 0.6 is 0 Å². The van der Waals surface area contributed by atoms with Crippen LogP contribution in [0.1, 0.15) is 37.2 Å². The van der Waals surface area contributed by atoms with E-state index in [1.54, 1.807) is 18.2 Å². The van der Waals surface area contributed by atoms with Crippen molar-refractivity contribution in [1.82, 2.24) is 0 Å². The number of hydrogen-bond donors (Lipinski definition) is 0. The summed E-state index contributed by atoms with van der Waals surface area (Å²) >= 11 is 0. The Balaban J connectivity index is 2.32. The third-order valence-electron chi connectivity index (χ3n) is 3.74. The predicted molar refractivity (Wildman–Crippen MR) is 68.0 cm³/mol. The van der Waals surface area contributed by atoms with Crippen molar-refractivity contribution in [3.8, 4) is 0 Å². The highest BCUT2D eigenvalue weighted by Crippen LogP contribution is 2.35. The summed E-state index contributed by atoms with van der Waals surface area (Å²) < 4.78 is 13.8. The zero-order valence-electron chi connectivity index (χ0n) is 10.5. The number of nitrogens with zero attached hydrogens (tertiary/aromatic N) is 1. The number of carbonyl (C=O) groups is 1. The summed E-state index contributed by atoms with van der Waals surface area (Å²) in [5.74, 6) is -1.51. The summed E-state index contributed by atoms with van der Waals surface area (Å²) in [4.78, 5) is 22.3. The largest absolute Gasteiger partial charge is 0.299 e. The average Bonchev–Trinajstić information content (AvgIpc) is 2.37. The Labute approximate surface area is 110 Å². The van der Waals surface area contributed by atoms with E-state index < -0.39 is 29.1 Å². The lowest BCUT2D eigenvalue weighted by molar-refractivity contribution is -0.484. The summed E-state index contributed by atoms with van der Waals surface area (Å²) in [5.41, 5.74) is 0.291. The maximum atomic E-state index is 13.8. The van der Waals surface area contributed by atoms with Gasteiger partial charge in [0.25, 0.3) is 0 Å². The molecule has 5 heteroatoms. The molecule has 1 aromatic rings. The maximum Gasteiger partial charge on any atom is 0.211 e. The molecule has 1 aliphatic carbocycles. The third kappa shape index (κ3) is 3.16. The van der Waals surface area contributed by atoms with Crippen molar-refractivity contribution in [2.24, 2.45) is 5.92 Å². The predicted octanol–water partition coefficient (Wildman–Crippen LogP) is 2.95. The van der Waals surface area contributed by atoms with Gasteiger partial charge >= 0.3 is 0 Å². The van der Waals surface area contributed by atoms with Crippen LogP contribution in [0.3, 0.4) is 0 Å². The van der Waals surface area contributed by atoms with E-state index in [0.29, 0.717) is 18.4 Å². The minimum Gasteiger partial charge on any atom is -0.299 e. The first kappa shape index (κ1) is 13.6. The van der Waals surface area contributed by atoms with Crippen molar-refractivity contribution in [3.05, 3.63) is 45.8 Å². The standard InChI is InChI=1S/C14H16FNO3/c15-13-7-3-1-5-10(13)12(9-16(18)19)11-6-2-4-8-14(11)17/h1,3,5,7,11-12H,2,4,6,8-9H2/t11-,12-/m1/s1. The maximum absolute atomic E-state index is 13.8. The monoisotopic (exact) mass is 265 g/mol. The fourth-order valence-corrected chi connectivity index (χ4v) is 2.81. The minimum atomic E-state index is -0.649. The molecule has 2 rings (SSSR count). The molecule has 1 saturated carbocycles. The van der Waals surface area contributed by atoms with Gasteiger partial charge in [0.15, 0.2) is 0 Å². The highest BCUT2D eigenvalue weighted by molar-refractivity contribution is 5.82. The first-order valence-electron chi connectivity index (χ1n) is 6.48. The van der Waals surface area contributed by atoms with Gasteiger partial charge in [-0.05, 0) is 24.5 Å². The average molecular weight is 265 g/mol. The summed E-state index contributed by atoms with van der Waals surface area (Å²) in [6.45, 7) is -0.392. The number of benzene rings is 1. The van der Waals surface area contributed by atoms with E-state index in [9.17, 15) is 19.3 Å². The second kappa shape index (κ2) is 5.91. The molecule has 1 aromatic carbocycles. The van der Waals surface area contributed by atoms with Crippen molar-refractivity contribution < 1.29 is 14.1 Å². The van der Waals surface area contributed by atoms with Gasteiger partial charge in [-0.1, -0.05) is 24.6 Å². The van der Waals surface area contributed by atoms with Crippen LogP contribution in [-0.2, 0) is 4.79 Å². The van der Waals surface area contributed by atoms with Crippen LogP contribution in [0, 0.1) is 21.8 Å². The third-order valence-corrected chi connectivity index (χ3v) is 3.74. The molecule has 0 N–H and O–H groups in total. The second-order valence-electron chi connectivity index (χ2n) is 4.96. The molecular weight excluding hydrogens is 249 g/mol. The fourth-order valence-electron chi connectivity index (χ4n) is 2.81. The molecule has 19 heavy (non-hydrogen) atoms. The number of ketones is 1. The van der Waals surface area contributed by atoms with Gasteiger partial charge in [-0.2, -0.15) is 0 Å². The van der Waals surface area contributed by atoms with E-state index in [4.69, 9.17) is 0 Å². The smallest absolute Gasteiger partial charge is 0.211 e. The Bertz CT molecular complexity index is 489. The molecule has 0 heterocycles. The molecule has 1 aliphatic rings.